The van der Waals surface area contributed by atoms with Crippen LogP contribution in [0.2, 0.25) is 0 Å². The van der Waals surface area contributed by atoms with Crippen LogP contribution in [0.1, 0.15) is 114 Å². The number of carbonyl (C=O) groups is 17. The number of phenols is 1. The van der Waals surface area contributed by atoms with Crippen LogP contribution < -0.4 is 53.6 Å². The molecule has 0 radical (unpaired) electrons. The van der Waals surface area contributed by atoms with Gasteiger partial charge in [0.05, 0.1) is 37.3 Å². The lowest BCUT2D eigenvalue weighted by Crippen LogP contribution is -2.62. The lowest BCUT2D eigenvalue weighted by atomic mass is 9.98. The van der Waals surface area contributed by atoms with E-state index < -0.39 is 296 Å². The summed E-state index contributed by atoms with van der Waals surface area (Å²) in [5, 5.41) is 77.3. The van der Waals surface area contributed by atoms with Gasteiger partial charge in [0.25, 0.3) is 0 Å². The first-order valence-corrected chi connectivity index (χ1v) is 45.0. The third-order valence-corrected chi connectivity index (χ3v) is 24.5. The van der Waals surface area contributed by atoms with Gasteiger partial charge in [0, 0.05) is 102 Å². The van der Waals surface area contributed by atoms with Gasteiger partial charge in [-0.05, 0) is 82.8 Å². The summed E-state index contributed by atoms with van der Waals surface area (Å²) in [6.45, 7) is 5.97. The molecule has 0 spiro atoms. The lowest BCUT2D eigenvalue weighted by Gasteiger charge is -2.38. The van der Waals surface area contributed by atoms with Crippen LogP contribution in [0.5, 0.6) is 5.75 Å². The van der Waals surface area contributed by atoms with Crippen molar-refractivity contribution in [1.29, 1.82) is 0 Å². The van der Waals surface area contributed by atoms with E-state index in [2.05, 4.69) is 52.8 Å². The number of hydrogen-bond donors (Lipinski definition) is 16. The molecule has 9 rings (SSSR count). The quantitative estimate of drug-likeness (QED) is 0.0383. The minimum absolute atomic E-state index is 0.153. The van der Waals surface area contributed by atoms with Crippen molar-refractivity contribution in [2.24, 2.45) is 17.6 Å². The highest BCUT2D eigenvalue weighted by Gasteiger charge is 2.49. The number of aliphatic hydroxyl groups excluding tert-OH is 2. The summed E-state index contributed by atoms with van der Waals surface area (Å²) in [7, 11) is 3.51. The number of aliphatic hydroxyl groups is 2. The maximum absolute atomic E-state index is 15.7. The maximum Gasteiger partial charge on any atom is 0.305 e. The van der Waals surface area contributed by atoms with E-state index in [9.17, 15) is 68.3 Å². The number of H-pyrrole nitrogens is 1. The second-order valence-electron chi connectivity index (χ2n) is 34.5. The highest BCUT2D eigenvalue weighted by molar-refractivity contribution is 8.00. The van der Waals surface area contributed by atoms with Crippen LogP contribution in [0.3, 0.4) is 0 Å². The second kappa shape index (κ2) is 48.2. The third kappa shape index (κ3) is 28.5. The molecule has 15 amide bonds. The van der Waals surface area contributed by atoms with Crippen molar-refractivity contribution in [3.8, 4) is 5.75 Å². The summed E-state index contributed by atoms with van der Waals surface area (Å²) < 4.78 is 45.1. The summed E-state index contributed by atoms with van der Waals surface area (Å²) in [6, 6.07) is 6.23. The second-order valence-corrected chi connectivity index (χ2v) is 35.5. The van der Waals surface area contributed by atoms with Crippen LogP contribution in [-0.2, 0) is 114 Å². The maximum atomic E-state index is 15.7. The van der Waals surface area contributed by atoms with Gasteiger partial charge in [-0.2, -0.15) is 0 Å². The molecule has 42 heteroatoms. The number of aliphatic carboxylic acids is 2. The van der Waals surface area contributed by atoms with E-state index in [1.165, 1.54) is 51.4 Å². The largest absolute Gasteiger partial charge is 0.508 e. The van der Waals surface area contributed by atoms with E-state index in [0.717, 1.165) is 38.6 Å². The standard InChI is InChI=1S/C92H115F3N16O22S/c1-9-10-25-69-91(132)111-45-57(114)39-72(111)87(128)103-65(40-76(117)118)84(125)106-79(49(4)5)92(133)108(7)70(35-50-19-13-11-14-20-50)85(126)104-67(41-77(119)120)89(130)110-44-56(113)38-71(110)86(127)102-64(37-54-42-97-61-24-18-17-23-58(54)61)83(124)101-63(33-52-26-28-55(112)29-27-52)82(123)100-62(30-48(2)3)81(122)105-68(80(121)98-43-74(96)115)46-134-47-75(116)99-66(34-53-31-59(93)78(95)60(94)32-53)88(129)109(8)73(90(131)107(69)6)36-51-21-15-12-16-22-51/h11-24,26-29,31-32,42,48-49,56-57,62-73,79,97,112-114H,9-10,25,30,33-41,43-47H2,1-8H3,(H2,96,115)(H,98,121)(H,99,116)(H,100,123)(H,101,124)(H,102,127)(H,103,128)(H,104,126)(H,105,122)(H,106,125)(H,117,118)(H,119,120)/t56-,57-,62-,63+,64+,65+,66-,67+,68+,69+,70-,71-,72-,73+,79+/m1/s1. The predicted octanol–water partition coefficient (Wildman–Crippen LogP) is 0.277. The zero-order valence-electron chi connectivity index (χ0n) is 75.2. The van der Waals surface area contributed by atoms with Crippen molar-refractivity contribution in [1.82, 2.24) is 77.3 Å². The van der Waals surface area contributed by atoms with Gasteiger partial charge in [-0.1, -0.05) is 138 Å². The number of unbranched alkanes of at least 4 members (excludes halogenated alkanes) is 1. The van der Waals surface area contributed by atoms with E-state index in [4.69, 9.17) is 5.73 Å². The summed E-state index contributed by atoms with van der Waals surface area (Å²) in [5.74, 6) is -28.1. The van der Waals surface area contributed by atoms with Crippen molar-refractivity contribution in [3.63, 3.8) is 0 Å². The molecule has 0 bridgehead atoms. The molecule has 4 heterocycles. The van der Waals surface area contributed by atoms with E-state index in [1.54, 1.807) is 106 Å². The molecule has 134 heavy (non-hydrogen) atoms. The molecule has 3 aliphatic rings. The summed E-state index contributed by atoms with van der Waals surface area (Å²) >= 11 is 0.637. The smallest absolute Gasteiger partial charge is 0.305 e. The van der Waals surface area contributed by atoms with Gasteiger partial charge in [0.2, 0.25) is 88.6 Å². The van der Waals surface area contributed by atoms with Gasteiger partial charge in [-0.15, -0.1) is 11.8 Å². The fourth-order valence-corrected chi connectivity index (χ4v) is 17.2. The van der Waals surface area contributed by atoms with Gasteiger partial charge in [-0.25, -0.2) is 13.2 Å². The van der Waals surface area contributed by atoms with Gasteiger partial charge >= 0.3 is 11.9 Å². The number of phenolic OH excluding ortho intramolecular Hbond substituents is 1. The Bertz CT molecular complexity index is 5250. The van der Waals surface area contributed by atoms with Crippen LogP contribution >= 0.6 is 11.8 Å². The molecule has 1 aromatic heterocycles. The Morgan fingerprint density at radius 3 is 1.56 bits per heavy atom. The number of primary amides is 1. The zero-order chi connectivity index (χ0) is 98.2. The van der Waals surface area contributed by atoms with E-state index in [-0.39, 0.29) is 44.3 Å². The number of amides is 15. The van der Waals surface area contributed by atoms with Crippen molar-refractivity contribution in [2.45, 2.75) is 209 Å². The van der Waals surface area contributed by atoms with Crippen LogP contribution in [0.25, 0.3) is 10.9 Å². The number of rotatable bonds is 23. The number of para-hydroxylation sites is 1. The third-order valence-electron chi connectivity index (χ3n) is 23.4. The van der Waals surface area contributed by atoms with Crippen LogP contribution in [0.4, 0.5) is 13.2 Å². The van der Waals surface area contributed by atoms with Gasteiger partial charge < -0.3 is 109 Å². The molecule has 722 valence electrons. The summed E-state index contributed by atoms with van der Waals surface area (Å²) in [4.78, 5) is 257. The Hall–Kier alpha value is -13.5. The Labute approximate surface area is 774 Å². The average molecular weight is 1890 g/mol. The van der Waals surface area contributed by atoms with Gasteiger partial charge in [-0.3, -0.25) is 81.5 Å². The first kappa shape index (κ1) is 104. The van der Waals surface area contributed by atoms with Crippen molar-refractivity contribution >= 4 is 123 Å². The van der Waals surface area contributed by atoms with E-state index >= 15 is 51.9 Å². The van der Waals surface area contributed by atoms with Crippen LogP contribution in [0.15, 0.2) is 128 Å². The number of likely N-dealkylation sites (N-methyl/N-ethyl adjacent to an activating group) is 3. The Morgan fingerprint density at radius 1 is 0.507 bits per heavy atom. The molecule has 3 aliphatic heterocycles. The zero-order valence-corrected chi connectivity index (χ0v) is 76.0. The van der Waals surface area contributed by atoms with Gasteiger partial charge in [0.1, 0.15) is 84.3 Å². The average Bonchev–Trinajstić information content (AvgIpc) is 1.62. The fourth-order valence-electron chi connectivity index (χ4n) is 16.3. The van der Waals surface area contributed by atoms with Crippen molar-refractivity contribution in [2.75, 3.05) is 52.3 Å². The number of nitrogens with zero attached hydrogens (tertiary/aromatic N) is 5. The van der Waals surface area contributed by atoms with Crippen LogP contribution in [0, 0.1) is 29.3 Å². The molecule has 3 saturated heterocycles. The Balaban J connectivity index is 1.14. The Kier molecular flexibility index (Phi) is 37.5. The van der Waals surface area contributed by atoms with E-state index in [0.29, 0.717) is 63.5 Å². The number of hydrogen-bond acceptors (Lipinski definition) is 21. The molecule has 17 N–H and O–H groups in total. The SMILES string of the molecule is CCCC[C@H]1C(=O)N2C[C@H](O)C[C@@H]2C(=O)N[C@@H](CC(=O)O)C(=O)N[C@@H](C(C)C)C(=O)N(C)[C@H](Cc2ccccc2)C(=O)N[C@@H](CC(=O)O)C(=O)N2C[C@H](O)C[C@@H]2C(=O)N[C@@H](Cc2c[nH]c3ccccc23)C(=O)N[C@@H](Cc2ccc(O)cc2)C(=O)N[C@H](CC(C)C)C(=O)N[C@H](C(=O)NCC(N)=O)CSCC(=O)N[C@H](Cc2cc(F)c(F)c(F)c2)C(=O)N(C)[C@@H](Cc2ccccc2)C(=O)N1C. The number of benzene rings is 5. The number of carbonyl (C=O) groups excluding carboxylic acids is 15. The number of fused-ring (bicyclic) bond motifs is 3. The summed E-state index contributed by atoms with van der Waals surface area (Å²) in [6.07, 6.45) is -7.01. The minimum Gasteiger partial charge on any atom is -0.508 e. The molecular formula is C92H115F3N16O22S. The number of aromatic hydroxyl groups is 1. The van der Waals surface area contributed by atoms with Crippen molar-refractivity contribution < 1.29 is 120 Å². The Morgan fingerprint density at radius 2 is 0.993 bits per heavy atom. The molecule has 15 atom stereocenters. The molecule has 6 aromatic rings. The fraction of sp³-hybridized carbons (Fsp3) is 0.467. The van der Waals surface area contributed by atoms with Gasteiger partial charge in [0.15, 0.2) is 17.5 Å². The van der Waals surface area contributed by atoms with Crippen LogP contribution in [-0.4, -0.2) is 299 Å². The molecule has 0 saturated carbocycles. The number of carboxylic acid groups (broad SMARTS) is 2. The number of thioether (sulfide) groups is 1. The molecule has 3 fully saturated rings. The number of nitrogens with two attached hydrogens (primary N) is 1. The summed E-state index contributed by atoms with van der Waals surface area (Å²) in [5.41, 5.74) is 7.10. The molecule has 0 aliphatic carbocycles. The molecule has 5 aromatic carbocycles. The molecular weight excluding hydrogens is 1770 g/mol. The highest BCUT2D eigenvalue weighted by atomic mass is 32.2. The molecule has 38 nitrogen and oxygen atoms in total. The first-order valence-electron chi connectivity index (χ1n) is 43.8. The number of nitrogens with one attached hydrogen (secondary N) is 10. The lowest BCUT2D eigenvalue weighted by molar-refractivity contribution is -0.152. The number of carboxylic acids is 2. The van der Waals surface area contributed by atoms with Crippen molar-refractivity contribution in [3.05, 3.63) is 173 Å². The molecule has 0 unspecified atom stereocenters. The number of aromatic amines is 1. The number of halogens is 3. The first-order chi connectivity index (χ1) is 63.5. The minimum atomic E-state index is -2.11. The number of aromatic nitrogens is 1. The highest BCUT2D eigenvalue weighted by Crippen LogP contribution is 2.29. The predicted molar refractivity (Wildman–Crippen MR) is 479 cm³/mol. The normalized spacial score (nSPS) is 24.6. The topological polar surface area (TPSA) is 558 Å². The monoisotopic (exact) mass is 1880 g/mol. The van der Waals surface area contributed by atoms with E-state index in [1.807, 2.05) is 0 Å².